The van der Waals surface area contributed by atoms with Crippen LogP contribution < -0.4 is 10.2 Å². The molecule has 9 heteroatoms. The van der Waals surface area contributed by atoms with Gasteiger partial charge in [-0.05, 0) is 70.6 Å². The summed E-state index contributed by atoms with van der Waals surface area (Å²) in [5.41, 5.74) is 0. The van der Waals surface area contributed by atoms with Crippen molar-refractivity contribution in [3.8, 4) is 0 Å². The van der Waals surface area contributed by atoms with Crippen molar-refractivity contribution in [1.29, 1.82) is 0 Å². The van der Waals surface area contributed by atoms with Gasteiger partial charge in [0.05, 0.1) is 39.9 Å². The van der Waals surface area contributed by atoms with Crippen molar-refractivity contribution in [2.75, 3.05) is 40.9 Å². The Bertz CT molecular complexity index is 1400. The van der Waals surface area contributed by atoms with Gasteiger partial charge in [-0.15, -0.1) is 0 Å². The van der Waals surface area contributed by atoms with Crippen LogP contribution in [0.1, 0.15) is 271 Å². The Morgan fingerprint density at radius 2 is 0.861 bits per heavy atom. The summed E-state index contributed by atoms with van der Waals surface area (Å²) >= 11 is 0. The molecule has 8 nitrogen and oxygen atoms in total. The van der Waals surface area contributed by atoms with Crippen LogP contribution in [0, 0.1) is 0 Å². The van der Waals surface area contributed by atoms with Gasteiger partial charge in [-0.3, -0.25) is 9.36 Å². The Morgan fingerprint density at radius 1 is 0.500 bits per heavy atom. The van der Waals surface area contributed by atoms with Crippen LogP contribution in [-0.2, 0) is 18.4 Å². The molecule has 0 aliphatic rings. The van der Waals surface area contributed by atoms with Gasteiger partial charge in [0.15, 0.2) is 0 Å². The standard InChI is InChI=1S/C63H117N2O6P/c1-6-8-10-12-14-16-18-20-22-24-26-28-29-30-31-32-33-34-35-37-38-40-42-44-46-48-50-52-54-56-62(66)61(60-71-72(68,69)70-59-58-65(3,4)5)64-63(67)57-55-53-51-49-47-45-43-41-39-36-27-25-23-21-19-17-15-13-11-9-7-2/h9,11,15,17,21,23,27,36,46,48,54,56,61-62,66H,6-8,10,12-14,16,18-20,22,24-26,28-35,37-45,47,49-53,55,57-60H2,1-5H3,(H-,64,67,68,69)/b11-9-,17-15-,23-21-,36-27-,48-46+,56-54+. The lowest BCUT2D eigenvalue weighted by Gasteiger charge is -2.29. The van der Waals surface area contributed by atoms with E-state index in [0.717, 1.165) is 77.0 Å². The van der Waals surface area contributed by atoms with Crippen LogP contribution in [0.25, 0.3) is 0 Å². The number of carbonyl (C=O) groups excluding carboxylic acids is 1. The first kappa shape index (κ1) is 69.9. The molecule has 3 atom stereocenters. The summed E-state index contributed by atoms with van der Waals surface area (Å²) in [5.74, 6) is -0.216. The molecule has 72 heavy (non-hydrogen) atoms. The molecule has 0 aromatic heterocycles. The first-order chi connectivity index (χ1) is 35.0. The second-order valence-corrected chi connectivity index (χ2v) is 23.1. The first-order valence-electron chi connectivity index (χ1n) is 30.3. The maximum absolute atomic E-state index is 13.0. The van der Waals surface area contributed by atoms with E-state index in [1.807, 2.05) is 27.2 Å². The van der Waals surface area contributed by atoms with Crippen molar-refractivity contribution >= 4 is 13.7 Å². The average molecular weight is 1030 g/mol. The molecular weight excluding hydrogens is 912 g/mol. The summed E-state index contributed by atoms with van der Waals surface area (Å²) in [6.45, 7) is 4.53. The van der Waals surface area contributed by atoms with Crippen LogP contribution in [0.3, 0.4) is 0 Å². The van der Waals surface area contributed by atoms with Gasteiger partial charge in [0.25, 0.3) is 7.82 Å². The molecule has 0 fully saturated rings. The molecule has 420 valence electrons. The monoisotopic (exact) mass is 1030 g/mol. The third kappa shape index (κ3) is 55.7. The fraction of sp³-hybridized carbons (Fsp3) is 0.794. The molecule has 0 radical (unpaired) electrons. The van der Waals surface area contributed by atoms with Crippen molar-refractivity contribution in [1.82, 2.24) is 5.32 Å². The van der Waals surface area contributed by atoms with E-state index in [9.17, 15) is 19.4 Å². The summed E-state index contributed by atoms with van der Waals surface area (Å²) in [7, 11) is 1.23. The van der Waals surface area contributed by atoms with Crippen LogP contribution in [-0.4, -0.2) is 68.5 Å². The van der Waals surface area contributed by atoms with E-state index >= 15 is 0 Å². The highest BCUT2D eigenvalue weighted by Crippen LogP contribution is 2.38. The number of quaternary nitrogens is 1. The third-order valence-corrected chi connectivity index (χ3v) is 14.4. The maximum Gasteiger partial charge on any atom is 0.268 e. The number of aliphatic hydroxyl groups excluding tert-OH is 1. The Labute approximate surface area is 446 Å². The Balaban J connectivity index is 4.22. The Kier molecular flexibility index (Phi) is 52.2. The number of carbonyl (C=O) groups is 1. The summed E-state index contributed by atoms with van der Waals surface area (Å²) in [6.07, 6.45) is 74.3. The van der Waals surface area contributed by atoms with Gasteiger partial charge >= 0.3 is 0 Å². The molecule has 0 saturated heterocycles. The molecule has 3 unspecified atom stereocenters. The van der Waals surface area contributed by atoms with E-state index in [2.05, 4.69) is 79.9 Å². The Hall–Kier alpha value is -2.06. The van der Waals surface area contributed by atoms with Crippen molar-refractivity contribution in [3.05, 3.63) is 72.9 Å². The van der Waals surface area contributed by atoms with Gasteiger partial charge in [0.1, 0.15) is 13.2 Å². The molecule has 2 N–H and O–H groups in total. The molecular formula is C63H117N2O6P. The van der Waals surface area contributed by atoms with Gasteiger partial charge in [-0.1, -0.05) is 267 Å². The number of nitrogens with zero attached hydrogens (tertiary/aromatic N) is 1. The first-order valence-corrected chi connectivity index (χ1v) is 31.8. The molecule has 0 rings (SSSR count). The van der Waals surface area contributed by atoms with Crippen molar-refractivity contribution in [2.45, 2.75) is 283 Å². The van der Waals surface area contributed by atoms with Crippen LogP contribution in [0.2, 0.25) is 0 Å². The molecule has 0 saturated carbocycles. The number of phosphoric acid groups is 1. The average Bonchev–Trinajstić information content (AvgIpc) is 3.34. The molecule has 1 amide bonds. The number of nitrogens with one attached hydrogen (secondary N) is 1. The van der Waals surface area contributed by atoms with E-state index in [1.54, 1.807) is 6.08 Å². The normalized spacial score (nSPS) is 14.4. The maximum atomic E-state index is 13.0. The van der Waals surface area contributed by atoms with Crippen molar-refractivity contribution in [2.24, 2.45) is 0 Å². The lowest BCUT2D eigenvalue weighted by atomic mass is 10.0. The molecule has 0 spiro atoms. The molecule has 0 aliphatic carbocycles. The van der Waals surface area contributed by atoms with Gasteiger partial charge in [0, 0.05) is 6.42 Å². The van der Waals surface area contributed by atoms with Crippen molar-refractivity contribution < 1.29 is 32.9 Å². The summed E-state index contributed by atoms with van der Waals surface area (Å²) in [4.78, 5) is 25.5. The van der Waals surface area contributed by atoms with Crippen LogP contribution in [0.4, 0.5) is 0 Å². The number of phosphoric ester groups is 1. The predicted molar refractivity (Wildman–Crippen MR) is 311 cm³/mol. The zero-order chi connectivity index (χ0) is 52.7. The number of rotatable bonds is 55. The van der Waals surface area contributed by atoms with Crippen LogP contribution >= 0.6 is 7.82 Å². The van der Waals surface area contributed by atoms with E-state index in [0.29, 0.717) is 17.4 Å². The molecule has 0 aliphatic heterocycles. The second-order valence-electron chi connectivity index (χ2n) is 21.7. The summed E-state index contributed by atoms with van der Waals surface area (Å²) in [6, 6.07) is -0.913. The number of unbranched alkanes of at least 4 members (excludes halogenated alkanes) is 32. The smallest absolute Gasteiger partial charge is 0.268 e. The lowest BCUT2D eigenvalue weighted by molar-refractivity contribution is -0.870. The highest BCUT2D eigenvalue weighted by atomic mass is 31.2. The number of aliphatic hydroxyl groups is 1. The fourth-order valence-corrected chi connectivity index (χ4v) is 9.41. The van der Waals surface area contributed by atoms with E-state index in [1.165, 1.54) is 173 Å². The quantitative estimate of drug-likeness (QED) is 0.0272. The predicted octanol–water partition coefficient (Wildman–Crippen LogP) is 18.0. The summed E-state index contributed by atoms with van der Waals surface area (Å²) < 4.78 is 23.4. The number of amides is 1. The number of allylic oxidation sites excluding steroid dienone is 11. The SMILES string of the molecule is CC/C=C\C/C=C\C/C=C\C/C=C\CCCCCCCCCCC(=O)NC(COP(=O)([O-])OCC[N+](C)(C)C)C(O)/C=C/CC/C=C/CCCCCCCCCCCCCCCCCCCCCCCCC. The van der Waals surface area contributed by atoms with Gasteiger partial charge < -0.3 is 28.8 Å². The van der Waals surface area contributed by atoms with E-state index in [-0.39, 0.29) is 12.5 Å². The Morgan fingerprint density at radius 3 is 1.29 bits per heavy atom. The minimum Gasteiger partial charge on any atom is -0.756 e. The number of hydrogen-bond acceptors (Lipinski definition) is 6. The van der Waals surface area contributed by atoms with E-state index < -0.39 is 26.6 Å². The second kappa shape index (κ2) is 53.8. The lowest BCUT2D eigenvalue weighted by Crippen LogP contribution is -2.45. The van der Waals surface area contributed by atoms with Gasteiger partial charge in [-0.25, -0.2) is 0 Å². The largest absolute Gasteiger partial charge is 0.756 e. The third-order valence-electron chi connectivity index (χ3n) is 13.4. The topological polar surface area (TPSA) is 108 Å². The van der Waals surface area contributed by atoms with Crippen LogP contribution in [0.15, 0.2) is 72.9 Å². The highest BCUT2D eigenvalue weighted by molar-refractivity contribution is 7.45. The number of likely N-dealkylation sites (N-methyl/N-ethyl adjacent to an activating group) is 1. The highest BCUT2D eigenvalue weighted by Gasteiger charge is 2.23. The zero-order valence-electron chi connectivity index (χ0n) is 47.9. The molecule has 0 aromatic carbocycles. The van der Waals surface area contributed by atoms with Crippen LogP contribution in [0.5, 0.6) is 0 Å². The molecule has 0 bridgehead atoms. The van der Waals surface area contributed by atoms with Gasteiger partial charge in [0.2, 0.25) is 5.91 Å². The molecule has 0 heterocycles. The number of hydrogen-bond donors (Lipinski definition) is 2. The minimum absolute atomic E-state index is 0.0110. The zero-order valence-corrected chi connectivity index (χ0v) is 48.8. The summed E-state index contributed by atoms with van der Waals surface area (Å²) in [5, 5.41) is 13.9. The molecule has 0 aromatic rings. The van der Waals surface area contributed by atoms with Gasteiger partial charge in [-0.2, -0.15) is 0 Å². The van der Waals surface area contributed by atoms with Crippen molar-refractivity contribution in [3.63, 3.8) is 0 Å². The minimum atomic E-state index is -4.61. The van der Waals surface area contributed by atoms with E-state index in [4.69, 9.17) is 9.05 Å². The fourth-order valence-electron chi connectivity index (χ4n) is 8.69.